The lowest BCUT2D eigenvalue weighted by Crippen LogP contribution is -2.48. The lowest BCUT2D eigenvalue weighted by Gasteiger charge is -2.28. The lowest BCUT2D eigenvalue weighted by molar-refractivity contribution is -0.146. The molecule has 108 valence electrons. The molecule has 0 radical (unpaired) electrons. The van der Waals surface area contributed by atoms with Gasteiger partial charge in [-0.25, -0.2) is 9.97 Å². The number of nitrogens with zero attached hydrogens (tertiary/aromatic N) is 3. The van der Waals surface area contributed by atoms with Crippen LogP contribution in [0.1, 0.15) is 25.6 Å². The average Bonchev–Trinajstić information content (AvgIpc) is 2.39. The Bertz CT molecular complexity index is 531. The molecule has 2 N–H and O–H groups in total. The number of nitrogens with one attached hydrogen (secondary N) is 2. The number of likely N-dealkylation sites (N-methyl/N-ethyl adjacent to an activating group) is 1. The minimum Gasteiger partial charge on any atom is -0.370 e. The molecule has 0 saturated carbocycles. The number of anilines is 2. The van der Waals surface area contributed by atoms with Gasteiger partial charge in [0, 0.05) is 26.1 Å². The highest BCUT2D eigenvalue weighted by Crippen LogP contribution is 2.18. The highest BCUT2D eigenvalue weighted by Gasteiger charge is 2.31. The first-order valence-corrected chi connectivity index (χ1v) is 6.67. The van der Waals surface area contributed by atoms with E-state index in [0.717, 1.165) is 12.4 Å². The van der Waals surface area contributed by atoms with Crippen molar-refractivity contribution in [2.75, 3.05) is 24.2 Å². The topological polar surface area (TPSA) is 87.2 Å². The molecule has 7 heteroatoms. The summed E-state index contributed by atoms with van der Waals surface area (Å²) in [5.74, 6) is 1.58. The van der Waals surface area contributed by atoms with Crippen LogP contribution in [0.2, 0.25) is 0 Å². The van der Waals surface area contributed by atoms with Crippen LogP contribution >= 0.6 is 0 Å². The van der Waals surface area contributed by atoms with Crippen LogP contribution in [0.25, 0.3) is 0 Å². The quantitative estimate of drug-likeness (QED) is 0.791. The van der Waals surface area contributed by atoms with Crippen LogP contribution in [0.5, 0.6) is 0 Å². The van der Waals surface area contributed by atoms with E-state index in [9.17, 15) is 9.59 Å². The Morgan fingerprint density at radius 3 is 2.75 bits per heavy atom. The first-order valence-electron chi connectivity index (χ1n) is 6.67. The number of likely N-dealkylation sites (tertiary alicyclic amines) is 1. The maximum absolute atomic E-state index is 12.0. The molecule has 1 atom stereocenters. The summed E-state index contributed by atoms with van der Waals surface area (Å²) in [6.07, 6.45) is 0.853. The van der Waals surface area contributed by atoms with Crippen molar-refractivity contribution in [2.24, 2.45) is 0 Å². The Hall–Kier alpha value is -2.18. The molecule has 1 fully saturated rings. The van der Waals surface area contributed by atoms with E-state index in [-0.39, 0.29) is 11.8 Å². The van der Waals surface area contributed by atoms with Crippen molar-refractivity contribution in [2.45, 2.75) is 32.7 Å². The molecule has 1 unspecified atom stereocenters. The molecule has 7 nitrogen and oxygen atoms in total. The molecule has 1 aromatic heterocycles. The number of rotatable bonds is 4. The van der Waals surface area contributed by atoms with Crippen molar-refractivity contribution in [3.05, 3.63) is 11.9 Å². The molecule has 1 saturated heterocycles. The summed E-state index contributed by atoms with van der Waals surface area (Å²) < 4.78 is 0. The van der Waals surface area contributed by atoms with E-state index in [4.69, 9.17) is 0 Å². The molecular formula is C13H19N5O2. The van der Waals surface area contributed by atoms with Crippen molar-refractivity contribution in [1.82, 2.24) is 14.9 Å². The standard InChI is InChI=1S/C13H19N5O2/c1-4-14-10-7-11(16-8(2)15-10)17-9-5-6-12(19)18(3)13(9)20/h7,9H,4-6H2,1-3H3,(H2,14,15,16,17). The number of hydrogen-bond acceptors (Lipinski definition) is 6. The van der Waals surface area contributed by atoms with Crippen molar-refractivity contribution in [3.8, 4) is 0 Å². The van der Waals surface area contributed by atoms with E-state index in [0.29, 0.717) is 24.5 Å². The van der Waals surface area contributed by atoms with Gasteiger partial charge in [0.15, 0.2) is 0 Å². The van der Waals surface area contributed by atoms with Gasteiger partial charge in [0.25, 0.3) is 5.91 Å². The van der Waals surface area contributed by atoms with Gasteiger partial charge < -0.3 is 10.6 Å². The van der Waals surface area contributed by atoms with E-state index in [1.165, 1.54) is 11.9 Å². The molecule has 1 aromatic rings. The van der Waals surface area contributed by atoms with Gasteiger partial charge in [0.05, 0.1) is 0 Å². The largest absolute Gasteiger partial charge is 0.370 e. The maximum atomic E-state index is 12.0. The predicted molar refractivity (Wildman–Crippen MR) is 75.4 cm³/mol. The molecular weight excluding hydrogens is 258 g/mol. The molecule has 20 heavy (non-hydrogen) atoms. The van der Waals surface area contributed by atoms with Gasteiger partial charge >= 0.3 is 0 Å². The highest BCUT2D eigenvalue weighted by atomic mass is 16.2. The Balaban J connectivity index is 2.13. The van der Waals surface area contributed by atoms with Crippen molar-refractivity contribution in [1.29, 1.82) is 0 Å². The fourth-order valence-electron chi connectivity index (χ4n) is 2.14. The van der Waals surface area contributed by atoms with Crippen molar-refractivity contribution < 1.29 is 9.59 Å². The van der Waals surface area contributed by atoms with E-state index in [1.807, 2.05) is 6.92 Å². The van der Waals surface area contributed by atoms with E-state index < -0.39 is 6.04 Å². The second-order valence-corrected chi connectivity index (χ2v) is 4.74. The Labute approximate surface area is 117 Å². The number of amides is 2. The number of carbonyl (C=O) groups is 2. The van der Waals surface area contributed by atoms with Gasteiger partial charge in [-0.1, -0.05) is 0 Å². The van der Waals surface area contributed by atoms with Gasteiger partial charge in [-0.15, -0.1) is 0 Å². The summed E-state index contributed by atoms with van der Waals surface area (Å²) in [6.45, 7) is 4.54. The van der Waals surface area contributed by atoms with Crippen LogP contribution in [-0.4, -0.2) is 46.3 Å². The molecule has 0 bridgehead atoms. The van der Waals surface area contributed by atoms with Gasteiger partial charge in [-0.05, 0) is 20.3 Å². The van der Waals surface area contributed by atoms with E-state index in [2.05, 4.69) is 20.6 Å². The fraction of sp³-hybridized carbons (Fsp3) is 0.538. The third-order valence-corrected chi connectivity index (χ3v) is 3.17. The number of hydrogen-bond donors (Lipinski definition) is 2. The number of aromatic nitrogens is 2. The smallest absolute Gasteiger partial charge is 0.251 e. The van der Waals surface area contributed by atoms with Gasteiger partial charge in [0.2, 0.25) is 5.91 Å². The van der Waals surface area contributed by atoms with Gasteiger partial charge in [-0.3, -0.25) is 14.5 Å². The molecule has 1 aliphatic rings. The lowest BCUT2D eigenvalue weighted by atomic mass is 10.0. The molecule has 0 aliphatic carbocycles. The maximum Gasteiger partial charge on any atom is 0.251 e. The SMILES string of the molecule is CCNc1cc(NC2CCC(=O)N(C)C2=O)nc(C)n1. The van der Waals surface area contributed by atoms with Gasteiger partial charge in [0.1, 0.15) is 23.5 Å². The Morgan fingerprint density at radius 1 is 1.35 bits per heavy atom. The summed E-state index contributed by atoms with van der Waals surface area (Å²) in [7, 11) is 1.51. The first-order chi connectivity index (χ1) is 9.51. The summed E-state index contributed by atoms with van der Waals surface area (Å²) in [5.41, 5.74) is 0. The average molecular weight is 277 g/mol. The fourth-order valence-corrected chi connectivity index (χ4v) is 2.14. The third kappa shape index (κ3) is 3.04. The molecule has 0 aromatic carbocycles. The zero-order chi connectivity index (χ0) is 14.7. The van der Waals surface area contributed by atoms with Crippen molar-refractivity contribution >= 4 is 23.5 Å². The van der Waals surface area contributed by atoms with E-state index in [1.54, 1.807) is 13.0 Å². The zero-order valence-electron chi connectivity index (χ0n) is 11.9. The van der Waals surface area contributed by atoms with Crippen molar-refractivity contribution in [3.63, 3.8) is 0 Å². The number of carbonyl (C=O) groups excluding carboxylic acids is 2. The summed E-state index contributed by atoms with van der Waals surface area (Å²) in [6, 6.07) is 1.35. The molecule has 2 heterocycles. The first kappa shape index (κ1) is 14.2. The minimum absolute atomic E-state index is 0.139. The number of aryl methyl sites for hydroxylation is 1. The summed E-state index contributed by atoms with van der Waals surface area (Å²) >= 11 is 0. The predicted octanol–water partition coefficient (Wildman–Crippen LogP) is 0.776. The Morgan fingerprint density at radius 2 is 2.05 bits per heavy atom. The molecule has 1 aliphatic heterocycles. The van der Waals surface area contributed by atoms with Crippen LogP contribution in [0.4, 0.5) is 11.6 Å². The third-order valence-electron chi connectivity index (χ3n) is 3.17. The summed E-state index contributed by atoms with van der Waals surface area (Å²) in [5, 5.41) is 6.20. The normalized spacial score (nSPS) is 19.1. The summed E-state index contributed by atoms with van der Waals surface area (Å²) in [4.78, 5) is 33.1. The Kier molecular flexibility index (Phi) is 4.16. The highest BCUT2D eigenvalue weighted by molar-refractivity contribution is 6.01. The minimum atomic E-state index is -0.415. The number of piperidine rings is 1. The number of imide groups is 1. The molecule has 0 spiro atoms. The molecule has 2 rings (SSSR count). The van der Waals surface area contributed by atoms with Crippen LogP contribution in [-0.2, 0) is 9.59 Å². The monoisotopic (exact) mass is 277 g/mol. The van der Waals surface area contributed by atoms with E-state index >= 15 is 0 Å². The molecule has 2 amide bonds. The second-order valence-electron chi connectivity index (χ2n) is 4.74. The van der Waals surface area contributed by atoms with Crippen LogP contribution in [0, 0.1) is 6.92 Å². The van der Waals surface area contributed by atoms with Gasteiger partial charge in [-0.2, -0.15) is 0 Å². The van der Waals surface area contributed by atoms with Crippen LogP contribution < -0.4 is 10.6 Å². The van der Waals surface area contributed by atoms with Crippen LogP contribution in [0.3, 0.4) is 0 Å². The zero-order valence-corrected chi connectivity index (χ0v) is 11.9. The van der Waals surface area contributed by atoms with Crippen LogP contribution in [0.15, 0.2) is 6.07 Å². The second kappa shape index (κ2) is 5.85.